The second-order valence-electron chi connectivity index (χ2n) is 4.13. The van der Waals surface area contributed by atoms with E-state index in [1.54, 1.807) is 0 Å². The minimum absolute atomic E-state index is 0.710. The molecule has 0 amide bonds. The van der Waals surface area contributed by atoms with Crippen molar-refractivity contribution < 1.29 is 0 Å². The highest BCUT2D eigenvalue weighted by atomic mass is 15.2. The molecule has 0 unspecified atom stereocenters. The number of benzene rings is 1. The average Bonchev–Trinajstić information content (AvgIpc) is 2.57. The monoisotopic (exact) mass is 202 g/mol. The van der Waals surface area contributed by atoms with E-state index in [1.165, 1.54) is 24.8 Å². The molecule has 2 rings (SSSR count). The van der Waals surface area contributed by atoms with Gasteiger partial charge in [-0.15, -0.1) is 0 Å². The molecule has 1 aliphatic heterocycles. The van der Waals surface area contributed by atoms with Crippen LogP contribution in [-0.4, -0.2) is 17.3 Å². The topological polar surface area (TPSA) is 27.1 Å². The van der Waals surface area contributed by atoms with E-state index in [-0.39, 0.29) is 0 Å². The Bertz CT molecular complexity index is 357. The van der Waals surface area contributed by atoms with Crippen molar-refractivity contribution in [2.75, 3.05) is 6.54 Å². The summed E-state index contributed by atoms with van der Waals surface area (Å²) in [6.45, 7) is 4.17. The van der Waals surface area contributed by atoms with E-state index in [0.29, 0.717) is 5.84 Å². The van der Waals surface area contributed by atoms with Crippen LogP contribution in [0.4, 0.5) is 0 Å². The minimum atomic E-state index is 0.710. The highest BCUT2D eigenvalue weighted by Crippen LogP contribution is 2.22. The predicted molar refractivity (Wildman–Crippen MR) is 63.2 cm³/mol. The lowest BCUT2D eigenvalue weighted by Crippen LogP contribution is -2.24. The molecule has 1 aliphatic rings. The smallest absolute Gasteiger partial charge is 0.128 e. The molecule has 1 aromatic rings. The van der Waals surface area contributed by atoms with Gasteiger partial charge in [0.25, 0.3) is 0 Å². The van der Waals surface area contributed by atoms with E-state index in [0.717, 1.165) is 18.7 Å². The number of fused-ring (bicyclic) bond motifs is 1. The van der Waals surface area contributed by atoms with E-state index in [1.807, 2.05) is 6.07 Å². The molecular weight excluding hydrogens is 184 g/mol. The molecule has 0 spiro atoms. The lowest BCUT2D eigenvalue weighted by molar-refractivity contribution is 0.411. The zero-order chi connectivity index (χ0) is 10.7. The second kappa shape index (κ2) is 4.47. The molecule has 0 bridgehead atoms. The van der Waals surface area contributed by atoms with Crippen molar-refractivity contribution >= 4 is 5.84 Å². The molecule has 1 heterocycles. The number of amidine groups is 1. The number of unbranched alkanes of at least 4 members (excludes halogenated alkanes) is 2. The first-order chi connectivity index (χ1) is 7.33. The standard InChI is InChI=1S/C13H18N2/c1-2-3-6-9-15-10-11-7-4-5-8-12(11)13(15)14/h4-5,7-8,14H,2-3,6,9-10H2,1H3. The first-order valence-electron chi connectivity index (χ1n) is 5.74. The van der Waals surface area contributed by atoms with Crippen LogP contribution in [0.1, 0.15) is 37.3 Å². The second-order valence-corrected chi connectivity index (χ2v) is 4.13. The highest BCUT2D eigenvalue weighted by molar-refractivity contribution is 6.00. The van der Waals surface area contributed by atoms with E-state index in [2.05, 4.69) is 30.0 Å². The van der Waals surface area contributed by atoms with Crippen LogP contribution in [-0.2, 0) is 6.54 Å². The van der Waals surface area contributed by atoms with Crippen molar-refractivity contribution in [3.63, 3.8) is 0 Å². The molecule has 0 saturated carbocycles. The third-order valence-electron chi connectivity index (χ3n) is 2.98. The molecule has 15 heavy (non-hydrogen) atoms. The molecule has 0 aliphatic carbocycles. The molecule has 2 nitrogen and oxygen atoms in total. The Kier molecular flexibility index (Phi) is 3.05. The summed E-state index contributed by atoms with van der Waals surface area (Å²) in [5.74, 6) is 0.710. The molecule has 0 aromatic heterocycles. The van der Waals surface area contributed by atoms with Crippen molar-refractivity contribution in [3.05, 3.63) is 35.4 Å². The molecule has 1 aromatic carbocycles. The summed E-state index contributed by atoms with van der Waals surface area (Å²) in [7, 11) is 0. The predicted octanol–water partition coefficient (Wildman–Crippen LogP) is 3.02. The van der Waals surface area contributed by atoms with Crippen molar-refractivity contribution in [2.24, 2.45) is 0 Å². The summed E-state index contributed by atoms with van der Waals surface area (Å²) in [6, 6.07) is 8.26. The molecule has 80 valence electrons. The quantitative estimate of drug-likeness (QED) is 0.746. The first-order valence-corrected chi connectivity index (χ1v) is 5.74. The van der Waals surface area contributed by atoms with Gasteiger partial charge in [0, 0.05) is 18.7 Å². The summed E-state index contributed by atoms with van der Waals surface area (Å²) in [6.07, 6.45) is 3.71. The van der Waals surface area contributed by atoms with E-state index in [4.69, 9.17) is 5.41 Å². The van der Waals surface area contributed by atoms with Crippen molar-refractivity contribution in [2.45, 2.75) is 32.7 Å². The van der Waals surface area contributed by atoms with Crippen LogP contribution >= 0.6 is 0 Å². The number of hydrogen-bond donors (Lipinski definition) is 1. The van der Waals surface area contributed by atoms with Gasteiger partial charge in [-0.3, -0.25) is 5.41 Å². The van der Waals surface area contributed by atoms with Crippen LogP contribution in [0.15, 0.2) is 24.3 Å². The van der Waals surface area contributed by atoms with E-state index in [9.17, 15) is 0 Å². The fourth-order valence-electron chi connectivity index (χ4n) is 2.09. The Labute approximate surface area is 91.4 Å². The van der Waals surface area contributed by atoms with Gasteiger partial charge < -0.3 is 4.90 Å². The average molecular weight is 202 g/mol. The number of hydrogen-bond acceptors (Lipinski definition) is 1. The van der Waals surface area contributed by atoms with Gasteiger partial charge in [0.1, 0.15) is 5.84 Å². The lowest BCUT2D eigenvalue weighted by Gasteiger charge is -2.17. The van der Waals surface area contributed by atoms with E-state index >= 15 is 0 Å². The maximum Gasteiger partial charge on any atom is 0.128 e. The fraction of sp³-hybridized carbons (Fsp3) is 0.462. The van der Waals surface area contributed by atoms with E-state index < -0.39 is 0 Å². The molecular formula is C13H18N2. The van der Waals surface area contributed by atoms with Gasteiger partial charge in [-0.2, -0.15) is 0 Å². The molecule has 0 radical (unpaired) electrons. The molecule has 0 fully saturated rings. The molecule has 2 heteroatoms. The Hall–Kier alpha value is -1.31. The Morgan fingerprint density at radius 1 is 1.27 bits per heavy atom. The van der Waals surface area contributed by atoms with Crippen LogP contribution in [0.3, 0.4) is 0 Å². The van der Waals surface area contributed by atoms with Crippen LogP contribution in [0, 0.1) is 5.41 Å². The summed E-state index contributed by atoms with van der Waals surface area (Å²) >= 11 is 0. The van der Waals surface area contributed by atoms with Gasteiger partial charge in [0.15, 0.2) is 0 Å². The normalized spacial score (nSPS) is 14.5. The molecule has 1 N–H and O–H groups in total. The SMILES string of the molecule is CCCCCN1Cc2ccccc2C1=N. The summed E-state index contributed by atoms with van der Waals surface area (Å²) < 4.78 is 0. The number of nitrogens with zero attached hydrogens (tertiary/aromatic N) is 1. The van der Waals surface area contributed by atoms with Crippen LogP contribution in [0.25, 0.3) is 0 Å². The molecule has 0 atom stereocenters. The fourth-order valence-corrected chi connectivity index (χ4v) is 2.09. The molecule has 0 saturated heterocycles. The van der Waals surface area contributed by atoms with Gasteiger partial charge in [-0.05, 0) is 12.0 Å². The van der Waals surface area contributed by atoms with Gasteiger partial charge >= 0.3 is 0 Å². The van der Waals surface area contributed by atoms with Gasteiger partial charge in [0.05, 0.1) is 0 Å². The van der Waals surface area contributed by atoms with Gasteiger partial charge in [-0.1, -0.05) is 44.0 Å². The lowest BCUT2D eigenvalue weighted by atomic mass is 10.1. The Morgan fingerprint density at radius 2 is 2.07 bits per heavy atom. The third kappa shape index (κ3) is 2.04. The third-order valence-corrected chi connectivity index (χ3v) is 2.98. The number of nitrogens with one attached hydrogen (secondary N) is 1. The zero-order valence-corrected chi connectivity index (χ0v) is 9.29. The number of rotatable bonds is 4. The van der Waals surface area contributed by atoms with Gasteiger partial charge in [-0.25, -0.2) is 0 Å². The Balaban J connectivity index is 2.01. The maximum atomic E-state index is 8.05. The van der Waals surface area contributed by atoms with Gasteiger partial charge in [0.2, 0.25) is 0 Å². The summed E-state index contributed by atoms with van der Waals surface area (Å²) in [5, 5.41) is 8.05. The van der Waals surface area contributed by atoms with Crippen LogP contribution < -0.4 is 0 Å². The van der Waals surface area contributed by atoms with Crippen molar-refractivity contribution in [1.82, 2.24) is 4.90 Å². The zero-order valence-electron chi connectivity index (χ0n) is 9.29. The minimum Gasteiger partial charge on any atom is -0.352 e. The Morgan fingerprint density at radius 3 is 2.80 bits per heavy atom. The van der Waals surface area contributed by atoms with Crippen LogP contribution in [0.2, 0.25) is 0 Å². The first kappa shape index (κ1) is 10.2. The largest absolute Gasteiger partial charge is 0.352 e. The summed E-state index contributed by atoms with van der Waals surface area (Å²) in [4.78, 5) is 2.18. The van der Waals surface area contributed by atoms with Crippen molar-refractivity contribution in [3.8, 4) is 0 Å². The maximum absolute atomic E-state index is 8.05. The highest BCUT2D eigenvalue weighted by Gasteiger charge is 2.22. The van der Waals surface area contributed by atoms with Crippen LogP contribution in [0.5, 0.6) is 0 Å². The van der Waals surface area contributed by atoms with Crippen molar-refractivity contribution in [1.29, 1.82) is 5.41 Å². The summed E-state index contributed by atoms with van der Waals surface area (Å²) in [5.41, 5.74) is 2.42.